The highest BCUT2D eigenvalue weighted by molar-refractivity contribution is 5.79. The Bertz CT molecular complexity index is 199. The molecule has 0 saturated heterocycles. The number of rotatable bonds is 3. The largest absolute Gasteiger partial charge is 0.266 e. The Hall–Kier alpha value is -1.03. The summed E-state index contributed by atoms with van der Waals surface area (Å²) in [4.78, 5) is 4.16. The molecular weight excluding hydrogens is 134 g/mol. The average Bonchev–Trinajstić information content (AvgIpc) is 1.97. The summed E-state index contributed by atoms with van der Waals surface area (Å²) in [6, 6.07) is 0. The molecule has 0 rings (SSSR count). The van der Waals surface area contributed by atoms with E-state index in [-0.39, 0.29) is 0 Å². The second kappa shape index (κ2) is 5.73. The molecule has 0 aliphatic carbocycles. The maximum absolute atomic E-state index is 5.12. The number of aliphatic imine (C=N–C) groups is 1. The normalized spacial score (nSPS) is 10.5. The van der Waals surface area contributed by atoms with Crippen molar-refractivity contribution in [3.8, 4) is 12.3 Å². The van der Waals surface area contributed by atoms with E-state index in [1.807, 2.05) is 27.0 Å². The minimum Gasteiger partial charge on any atom is -0.266 e. The second-order valence-corrected chi connectivity index (χ2v) is 2.76. The molecule has 0 spiro atoms. The third-order valence-electron chi connectivity index (χ3n) is 1.21. The molecular formula is C10H15N. The van der Waals surface area contributed by atoms with Crippen molar-refractivity contribution in [2.24, 2.45) is 4.99 Å². The van der Waals surface area contributed by atoms with Crippen LogP contribution in [0.5, 0.6) is 0 Å². The third-order valence-corrected chi connectivity index (χ3v) is 1.21. The molecule has 0 atom stereocenters. The Morgan fingerprint density at radius 2 is 2.09 bits per heavy atom. The fourth-order valence-electron chi connectivity index (χ4n) is 0.573. The van der Waals surface area contributed by atoms with E-state index in [0.717, 1.165) is 18.6 Å². The van der Waals surface area contributed by atoms with Gasteiger partial charge in [0.1, 0.15) is 0 Å². The quantitative estimate of drug-likeness (QED) is 0.432. The zero-order chi connectivity index (χ0) is 8.69. The van der Waals surface area contributed by atoms with Crippen LogP contribution in [0.15, 0.2) is 16.8 Å². The van der Waals surface area contributed by atoms with Crippen LogP contribution in [0, 0.1) is 12.3 Å². The topological polar surface area (TPSA) is 12.4 Å². The lowest BCUT2D eigenvalue weighted by Gasteiger charge is -1.93. The Balaban J connectivity index is 3.83. The molecule has 1 heteroatoms. The lowest BCUT2D eigenvalue weighted by molar-refractivity contribution is 0.995. The van der Waals surface area contributed by atoms with Crippen molar-refractivity contribution < 1.29 is 0 Å². The summed E-state index contributed by atoms with van der Waals surface area (Å²) in [5.74, 6) is 2.60. The van der Waals surface area contributed by atoms with Gasteiger partial charge in [-0.2, -0.15) is 0 Å². The Morgan fingerprint density at radius 1 is 1.45 bits per heavy atom. The van der Waals surface area contributed by atoms with E-state index in [1.165, 1.54) is 5.57 Å². The molecule has 0 aliphatic heterocycles. The van der Waals surface area contributed by atoms with Crippen LogP contribution in [0.25, 0.3) is 0 Å². The summed E-state index contributed by atoms with van der Waals surface area (Å²) in [6.45, 7) is 6.00. The van der Waals surface area contributed by atoms with Gasteiger partial charge < -0.3 is 0 Å². The predicted octanol–water partition coefficient (Wildman–Crippen LogP) is 2.78. The highest BCUT2D eigenvalue weighted by Crippen LogP contribution is 2.02. The summed E-state index contributed by atoms with van der Waals surface area (Å²) in [7, 11) is 0. The van der Waals surface area contributed by atoms with Gasteiger partial charge in [-0.25, -0.2) is 0 Å². The molecule has 0 fully saturated rings. The van der Waals surface area contributed by atoms with Gasteiger partial charge in [-0.05, 0) is 27.2 Å². The van der Waals surface area contributed by atoms with E-state index < -0.39 is 0 Å². The minimum absolute atomic E-state index is 0.806. The van der Waals surface area contributed by atoms with E-state index >= 15 is 0 Å². The molecule has 1 nitrogen and oxygen atoms in total. The molecule has 0 amide bonds. The zero-order valence-corrected chi connectivity index (χ0v) is 7.52. The van der Waals surface area contributed by atoms with Crippen LogP contribution in [0.3, 0.4) is 0 Å². The van der Waals surface area contributed by atoms with E-state index in [9.17, 15) is 0 Å². The number of hydrogen-bond acceptors (Lipinski definition) is 1. The molecule has 0 N–H and O–H groups in total. The first-order chi connectivity index (χ1) is 5.16. The predicted molar refractivity (Wildman–Crippen MR) is 50.6 cm³/mol. The number of allylic oxidation sites excluding steroid dienone is 1. The molecule has 0 heterocycles. The highest BCUT2D eigenvalue weighted by atomic mass is 14.7. The highest BCUT2D eigenvalue weighted by Gasteiger charge is 1.85. The van der Waals surface area contributed by atoms with E-state index in [2.05, 4.69) is 10.9 Å². The molecule has 0 radical (unpaired) electrons. The fraction of sp³-hybridized carbons (Fsp3) is 0.500. The van der Waals surface area contributed by atoms with E-state index in [0.29, 0.717) is 0 Å². The molecule has 0 unspecified atom stereocenters. The summed E-state index contributed by atoms with van der Waals surface area (Å²) in [6.07, 6.45) is 8.76. The maximum atomic E-state index is 5.12. The first-order valence-electron chi connectivity index (χ1n) is 3.77. The van der Waals surface area contributed by atoms with Crippen LogP contribution in [0.4, 0.5) is 0 Å². The summed E-state index contributed by atoms with van der Waals surface area (Å²) >= 11 is 0. The zero-order valence-electron chi connectivity index (χ0n) is 7.52. The van der Waals surface area contributed by atoms with E-state index in [1.54, 1.807) is 0 Å². The van der Waals surface area contributed by atoms with Gasteiger partial charge in [0.2, 0.25) is 0 Å². The SMILES string of the molecule is C#CCC/C(C)=C\N=C(C)C. The molecule has 0 aromatic heterocycles. The van der Waals surface area contributed by atoms with Crippen molar-refractivity contribution in [1.82, 2.24) is 0 Å². The molecule has 0 bridgehead atoms. The standard InChI is InChI=1S/C10H15N/c1-5-6-7-10(4)8-11-9(2)3/h1,8H,6-7H2,2-4H3/b10-8-. The van der Waals surface area contributed by atoms with Crippen molar-refractivity contribution in [2.45, 2.75) is 33.6 Å². The molecule has 0 aliphatic rings. The molecule has 0 saturated carbocycles. The van der Waals surface area contributed by atoms with Crippen LogP contribution in [0.2, 0.25) is 0 Å². The molecule has 60 valence electrons. The number of hydrogen-bond donors (Lipinski definition) is 0. The summed E-state index contributed by atoms with van der Waals surface area (Å²) in [5.41, 5.74) is 2.31. The van der Waals surface area contributed by atoms with E-state index in [4.69, 9.17) is 6.42 Å². The van der Waals surface area contributed by atoms with Crippen molar-refractivity contribution in [3.05, 3.63) is 11.8 Å². The first kappa shape index (κ1) is 9.97. The van der Waals surface area contributed by atoms with Crippen LogP contribution in [-0.2, 0) is 0 Å². The van der Waals surface area contributed by atoms with Gasteiger partial charge in [-0.1, -0.05) is 5.57 Å². The molecule has 0 aromatic rings. The van der Waals surface area contributed by atoms with Gasteiger partial charge in [-0.15, -0.1) is 12.3 Å². The average molecular weight is 149 g/mol. The summed E-state index contributed by atoms with van der Waals surface area (Å²) < 4.78 is 0. The summed E-state index contributed by atoms with van der Waals surface area (Å²) in [5, 5.41) is 0. The fourth-order valence-corrected chi connectivity index (χ4v) is 0.573. The first-order valence-corrected chi connectivity index (χ1v) is 3.77. The lowest BCUT2D eigenvalue weighted by Crippen LogP contribution is -1.79. The van der Waals surface area contributed by atoms with Crippen molar-refractivity contribution in [3.63, 3.8) is 0 Å². The third kappa shape index (κ3) is 6.86. The second-order valence-electron chi connectivity index (χ2n) is 2.76. The van der Waals surface area contributed by atoms with Crippen LogP contribution >= 0.6 is 0 Å². The number of terminal acetylenes is 1. The molecule has 0 aromatic carbocycles. The Labute approximate surface area is 69.2 Å². The number of nitrogens with zero attached hydrogens (tertiary/aromatic N) is 1. The van der Waals surface area contributed by atoms with Crippen molar-refractivity contribution in [2.75, 3.05) is 0 Å². The monoisotopic (exact) mass is 149 g/mol. The maximum Gasteiger partial charge on any atom is 0.0256 e. The van der Waals surface area contributed by atoms with Crippen LogP contribution in [0.1, 0.15) is 33.6 Å². The lowest BCUT2D eigenvalue weighted by atomic mass is 10.2. The van der Waals surface area contributed by atoms with Gasteiger partial charge in [0.25, 0.3) is 0 Å². The van der Waals surface area contributed by atoms with Crippen LogP contribution < -0.4 is 0 Å². The molecule has 11 heavy (non-hydrogen) atoms. The van der Waals surface area contributed by atoms with Crippen LogP contribution in [-0.4, -0.2) is 5.71 Å². The smallest absolute Gasteiger partial charge is 0.0256 e. The van der Waals surface area contributed by atoms with Gasteiger partial charge in [0, 0.05) is 18.3 Å². The van der Waals surface area contributed by atoms with Crippen molar-refractivity contribution >= 4 is 5.71 Å². The van der Waals surface area contributed by atoms with Gasteiger partial charge in [0.15, 0.2) is 0 Å². The Kier molecular flexibility index (Phi) is 5.20. The van der Waals surface area contributed by atoms with Gasteiger partial charge >= 0.3 is 0 Å². The Morgan fingerprint density at radius 3 is 2.55 bits per heavy atom. The minimum atomic E-state index is 0.806. The van der Waals surface area contributed by atoms with Gasteiger partial charge in [0.05, 0.1) is 0 Å². The van der Waals surface area contributed by atoms with Crippen molar-refractivity contribution in [1.29, 1.82) is 0 Å². The van der Waals surface area contributed by atoms with Gasteiger partial charge in [-0.3, -0.25) is 4.99 Å².